The van der Waals surface area contributed by atoms with Crippen LogP contribution in [0.1, 0.15) is 25.5 Å². The maximum Gasteiger partial charge on any atom is 0.0827 e. The van der Waals surface area contributed by atoms with Crippen LogP contribution in [0.2, 0.25) is 0 Å². The molecule has 5 nitrogen and oxygen atoms in total. The van der Waals surface area contributed by atoms with Crippen molar-refractivity contribution in [2.24, 2.45) is 7.05 Å². The van der Waals surface area contributed by atoms with Gasteiger partial charge in [0.1, 0.15) is 0 Å². The van der Waals surface area contributed by atoms with Crippen LogP contribution in [0.3, 0.4) is 0 Å². The summed E-state index contributed by atoms with van der Waals surface area (Å²) in [6.45, 7) is 3.95. The molecule has 0 aliphatic heterocycles. The third-order valence-electron chi connectivity index (χ3n) is 2.45. The van der Waals surface area contributed by atoms with E-state index in [1.165, 1.54) is 0 Å². The van der Waals surface area contributed by atoms with Crippen molar-refractivity contribution in [1.29, 1.82) is 0 Å². The van der Waals surface area contributed by atoms with E-state index in [4.69, 9.17) is 4.74 Å². The van der Waals surface area contributed by atoms with E-state index in [-0.39, 0.29) is 0 Å². The highest BCUT2D eigenvalue weighted by atomic mass is 16.5. The summed E-state index contributed by atoms with van der Waals surface area (Å²) in [4.78, 5) is 0. The average molecular weight is 226 g/mol. The van der Waals surface area contributed by atoms with Gasteiger partial charge in [-0.1, -0.05) is 12.1 Å². The first-order chi connectivity index (χ1) is 7.76. The number of aryl methyl sites for hydroxylation is 2. The lowest BCUT2D eigenvalue weighted by Gasteiger charge is -2.16. The molecule has 16 heavy (non-hydrogen) atoms. The summed E-state index contributed by atoms with van der Waals surface area (Å²) in [5.41, 5.74) is 1.04. The van der Waals surface area contributed by atoms with E-state index in [1.54, 1.807) is 11.8 Å². The predicted molar refractivity (Wildman–Crippen MR) is 63.3 cm³/mol. The lowest BCUT2D eigenvalue weighted by atomic mass is 10.1. The lowest BCUT2D eigenvalue weighted by molar-refractivity contribution is 0.162. The third-order valence-corrected chi connectivity index (χ3v) is 2.45. The van der Waals surface area contributed by atoms with E-state index < -0.39 is 0 Å². The third kappa shape index (κ3) is 4.72. The van der Waals surface area contributed by atoms with Crippen molar-refractivity contribution in [3.8, 4) is 0 Å². The maximum absolute atomic E-state index is 5.19. The number of aromatic nitrogens is 3. The summed E-state index contributed by atoms with van der Waals surface area (Å²) in [7, 11) is 3.63. The number of rotatable bonds is 8. The van der Waals surface area contributed by atoms with Gasteiger partial charge in [-0.25, -0.2) is 0 Å². The second kappa shape index (κ2) is 7.35. The zero-order valence-electron chi connectivity index (χ0n) is 10.4. The Labute approximate surface area is 97.2 Å². The summed E-state index contributed by atoms with van der Waals surface area (Å²) < 4.78 is 6.93. The first kappa shape index (κ1) is 13.1. The molecule has 92 valence electrons. The van der Waals surface area contributed by atoms with Crippen LogP contribution in [0.5, 0.6) is 0 Å². The van der Waals surface area contributed by atoms with Gasteiger partial charge in [0, 0.05) is 26.4 Å². The fourth-order valence-electron chi connectivity index (χ4n) is 1.63. The zero-order chi connectivity index (χ0) is 11.8. The van der Waals surface area contributed by atoms with E-state index in [9.17, 15) is 0 Å². The normalized spacial score (nSPS) is 12.9. The highest BCUT2D eigenvalue weighted by molar-refractivity contribution is 4.92. The van der Waals surface area contributed by atoms with Crippen molar-refractivity contribution < 1.29 is 4.74 Å². The van der Waals surface area contributed by atoms with Crippen molar-refractivity contribution >= 4 is 0 Å². The minimum Gasteiger partial charge on any atom is -0.383 e. The van der Waals surface area contributed by atoms with E-state index in [2.05, 4.69) is 22.6 Å². The molecule has 0 bridgehead atoms. The molecule has 1 aromatic rings. The van der Waals surface area contributed by atoms with Crippen LogP contribution in [0.4, 0.5) is 0 Å². The molecule has 1 unspecified atom stereocenters. The monoisotopic (exact) mass is 226 g/mol. The SMILES string of the molecule is CCCNC(CCc1cn(C)nn1)COC. The average Bonchev–Trinajstić information content (AvgIpc) is 2.68. The van der Waals surface area contributed by atoms with Crippen molar-refractivity contribution in [2.75, 3.05) is 20.3 Å². The van der Waals surface area contributed by atoms with Gasteiger partial charge in [0.15, 0.2) is 0 Å². The van der Waals surface area contributed by atoms with Crippen LogP contribution in [-0.2, 0) is 18.2 Å². The van der Waals surface area contributed by atoms with Crippen molar-refractivity contribution in [1.82, 2.24) is 20.3 Å². The zero-order valence-corrected chi connectivity index (χ0v) is 10.4. The Morgan fingerprint density at radius 3 is 2.94 bits per heavy atom. The minimum absolute atomic E-state index is 0.409. The fraction of sp³-hybridized carbons (Fsp3) is 0.818. The van der Waals surface area contributed by atoms with Crippen molar-refractivity contribution in [3.05, 3.63) is 11.9 Å². The molecule has 0 amide bonds. The molecule has 1 N–H and O–H groups in total. The van der Waals surface area contributed by atoms with Gasteiger partial charge in [-0.3, -0.25) is 4.68 Å². The number of methoxy groups -OCH3 is 1. The Hall–Kier alpha value is -0.940. The first-order valence-corrected chi connectivity index (χ1v) is 5.83. The van der Waals surface area contributed by atoms with Crippen molar-refractivity contribution in [2.45, 2.75) is 32.2 Å². The van der Waals surface area contributed by atoms with Crippen LogP contribution in [0.15, 0.2) is 6.20 Å². The van der Waals surface area contributed by atoms with Crippen LogP contribution < -0.4 is 5.32 Å². The van der Waals surface area contributed by atoms with Gasteiger partial charge in [0.05, 0.1) is 12.3 Å². The number of ether oxygens (including phenoxy) is 1. The van der Waals surface area contributed by atoms with Crippen LogP contribution in [0, 0.1) is 0 Å². The molecular formula is C11H22N4O. The predicted octanol–water partition coefficient (Wildman–Crippen LogP) is 0.762. The molecule has 0 fully saturated rings. The van der Waals surface area contributed by atoms with E-state index in [0.29, 0.717) is 6.04 Å². The fourth-order valence-corrected chi connectivity index (χ4v) is 1.63. The smallest absolute Gasteiger partial charge is 0.0827 e. The molecular weight excluding hydrogens is 204 g/mol. The Bertz CT molecular complexity index is 287. The number of nitrogens with zero attached hydrogens (tertiary/aromatic N) is 3. The minimum atomic E-state index is 0.409. The number of nitrogens with one attached hydrogen (secondary N) is 1. The first-order valence-electron chi connectivity index (χ1n) is 5.83. The highest BCUT2D eigenvalue weighted by Crippen LogP contribution is 2.02. The Kier molecular flexibility index (Phi) is 6.03. The molecule has 1 heterocycles. The number of hydrogen-bond acceptors (Lipinski definition) is 4. The van der Waals surface area contributed by atoms with Crippen molar-refractivity contribution in [3.63, 3.8) is 0 Å². The van der Waals surface area contributed by atoms with Gasteiger partial charge in [-0.15, -0.1) is 5.10 Å². The molecule has 0 radical (unpaired) electrons. The van der Waals surface area contributed by atoms with Gasteiger partial charge in [0.25, 0.3) is 0 Å². The largest absolute Gasteiger partial charge is 0.383 e. The van der Waals surface area contributed by atoms with Gasteiger partial charge in [-0.2, -0.15) is 0 Å². The topological polar surface area (TPSA) is 52.0 Å². The standard InChI is InChI=1S/C11H22N4O/c1-4-7-12-11(9-16-3)6-5-10-8-15(2)14-13-10/h8,11-12H,4-7,9H2,1-3H3. The molecule has 0 aromatic carbocycles. The summed E-state index contributed by atoms with van der Waals surface area (Å²) in [5, 5.41) is 11.5. The molecule has 0 saturated heterocycles. The van der Waals surface area contributed by atoms with Crippen LogP contribution in [-0.4, -0.2) is 41.3 Å². The van der Waals surface area contributed by atoms with E-state index in [1.807, 2.05) is 13.2 Å². The van der Waals surface area contributed by atoms with E-state index in [0.717, 1.165) is 38.1 Å². The molecule has 0 spiro atoms. The summed E-state index contributed by atoms with van der Waals surface area (Å²) in [5.74, 6) is 0. The summed E-state index contributed by atoms with van der Waals surface area (Å²) >= 11 is 0. The number of hydrogen-bond donors (Lipinski definition) is 1. The molecule has 5 heteroatoms. The molecule has 0 saturated carbocycles. The quantitative estimate of drug-likeness (QED) is 0.711. The highest BCUT2D eigenvalue weighted by Gasteiger charge is 2.08. The lowest BCUT2D eigenvalue weighted by Crippen LogP contribution is -2.34. The molecule has 1 atom stereocenters. The molecule has 1 rings (SSSR count). The Morgan fingerprint density at radius 1 is 1.56 bits per heavy atom. The van der Waals surface area contributed by atoms with Crippen LogP contribution >= 0.6 is 0 Å². The van der Waals surface area contributed by atoms with Gasteiger partial charge in [-0.05, 0) is 25.8 Å². The molecule has 0 aliphatic rings. The van der Waals surface area contributed by atoms with Gasteiger partial charge < -0.3 is 10.1 Å². The molecule has 0 aliphatic carbocycles. The maximum atomic E-state index is 5.19. The Balaban J connectivity index is 2.30. The van der Waals surface area contributed by atoms with Gasteiger partial charge in [0.2, 0.25) is 0 Å². The second-order valence-electron chi connectivity index (χ2n) is 4.03. The summed E-state index contributed by atoms with van der Waals surface area (Å²) in [6.07, 6.45) is 5.08. The van der Waals surface area contributed by atoms with Crippen LogP contribution in [0.25, 0.3) is 0 Å². The Morgan fingerprint density at radius 2 is 2.38 bits per heavy atom. The van der Waals surface area contributed by atoms with Gasteiger partial charge >= 0.3 is 0 Å². The second-order valence-corrected chi connectivity index (χ2v) is 4.03. The summed E-state index contributed by atoms with van der Waals surface area (Å²) in [6, 6.07) is 0.409. The van der Waals surface area contributed by atoms with E-state index >= 15 is 0 Å². The molecule has 1 aromatic heterocycles.